The summed E-state index contributed by atoms with van der Waals surface area (Å²) in [6, 6.07) is 12.8. The second kappa shape index (κ2) is 7.82. The fourth-order valence-electron chi connectivity index (χ4n) is 2.41. The van der Waals surface area contributed by atoms with Crippen LogP contribution in [0.5, 0.6) is 0 Å². The molecule has 116 valence electrons. The first-order valence-electron chi connectivity index (χ1n) is 7.87. The van der Waals surface area contributed by atoms with Crippen LogP contribution < -0.4 is 0 Å². The Labute approximate surface area is 134 Å². The molecule has 0 fully saturated rings. The van der Waals surface area contributed by atoms with E-state index in [1.54, 1.807) is 0 Å². The van der Waals surface area contributed by atoms with E-state index in [2.05, 4.69) is 41.8 Å². The number of benzene rings is 1. The first kappa shape index (κ1) is 16.3. The lowest BCUT2D eigenvalue weighted by Gasteiger charge is -2.26. The lowest BCUT2D eigenvalue weighted by atomic mass is 10.2. The molecule has 2 rings (SSSR count). The average Bonchev–Trinajstić information content (AvgIpc) is 2.84. The van der Waals surface area contributed by atoms with Gasteiger partial charge >= 0.3 is 0 Å². The minimum absolute atomic E-state index is 0.500. The zero-order valence-corrected chi connectivity index (χ0v) is 14.0. The molecule has 3 nitrogen and oxygen atoms in total. The predicted octanol–water partition coefficient (Wildman–Crippen LogP) is 3.38. The van der Waals surface area contributed by atoms with E-state index in [1.807, 2.05) is 49.0 Å². The monoisotopic (exact) mass is 295 g/mol. The van der Waals surface area contributed by atoms with Crippen molar-refractivity contribution >= 4 is 0 Å². The van der Waals surface area contributed by atoms with Crippen LogP contribution in [0.2, 0.25) is 0 Å². The summed E-state index contributed by atoms with van der Waals surface area (Å²) in [5.74, 6) is 6.56. The van der Waals surface area contributed by atoms with E-state index in [-0.39, 0.29) is 0 Å². The number of hydrogen-bond donors (Lipinski definition) is 0. The van der Waals surface area contributed by atoms with Crippen molar-refractivity contribution in [1.82, 2.24) is 14.7 Å². The molecule has 1 heterocycles. The van der Waals surface area contributed by atoms with E-state index in [9.17, 15) is 0 Å². The maximum Gasteiger partial charge on any atom is 0.0611 e. The van der Waals surface area contributed by atoms with Crippen LogP contribution >= 0.6 is 0 Å². The summed E-state index contributed by atoms with van der Waals surface area (Å²) >= 11 is 0. The Kier molecular flexibility index (Phi) is 5.80. The van der Waals surface area contributed by atoms with Gasteiger partial charge in [-0.1, -0.05) is 37.0 Å². The molecule has 1 atom stereocenters. The van der Waals surface area contributed by atoms with Gasteiger partial charge in [0, 0.05) is 25.2 Å². The smallest absolute Gasteiger partial charge is 0.0611 e. The predicted molar refractivity (Wildman–Crippen MR) is 91.4 cm³/mol. The van der Waals surface area contributed by atoms with Gasteiger partial charge in [-0.15, -0.1) is 0 Å². The van der Waals surface area contributed by atoms with Crippen LogP contribution in [0.4, 0.5) is 0 Å². The molecule has 0 unspecified atom stereocenters. The van der Waals surface area contributed by atoms with Gasteiger partial charge in [-0.2, -0.15) is 5.10 Å². The molecule has 22 heavy (non-hydrogen) atoms. The third-order valence-electron chi connectivity index (χ3n) is 3.97. The Morgan fingerprint density at radius 1 is 1.27 bits per heavy atom. The zero-order chi connectivity index (χ0) is 15.9. The maximum atomic E-state index is 4.43. The van der Waals surface area contributed by atoms with Crippen molar-refractivity contribution in [3.63, 3.8) is 0 Å². The van der Waals surface area contributed by atoms with Gasteiger partial charge in [0.05, 0.1) is 17.9 Å². The van der Waals surface area contributed by atoms with Crippen LogP contribution in [0.25, 0.3) is 0 Å². The Bertz CT molecular complexity index is 646. The quantitative estimate of drug-likeness (QED) is 0.789. The highest BCUT2D eigenvalue weighted by Gasteiger charge is 2.13. The van der Waals surface area contributed by atoms with Gasteiger partial charge in [-0.3, -0.25) is 9.58 Å². The molecule has 0 saturated carbocycles. The van der Waals surface area contributed by atoms with Gasteiger partial charge in [0.15, 0.2) is 0 Å². The Balaban J connectivity index is 2.07. The molecule has 1 aromatic heterocycles. The van der Waals surface area contributed by atoms with Gasteiger partial charge in [-0.05, 0) is 38.5 Å². The molecule has 0 aliphatic carbocycles. The number of hydrogen-bond acceptors (Lipinski definition) is 2. The van der Waals surface area contributed by atoms with Crippen LogP contribution in [-0.2, 0) is 13.6 Å². The molecule has 0 aliphatic heterocycles. The summed E-state index contributed by atoms with van der Waals surface area (Å²) in [4.78, 5) is 2.41. The molecule has 0 radical (unpaired) electrons. The largest absolute Gasteiger partial charge is 0.284 e. The second-order valence-corrected chi connectivity index (χ2v) is 5.73. The highest BCUT2D eigenvalue weighted by atomic mass is 15.3. The molecule has 0 spiro atoms. The standard InChI is InChI=1S/C19H25N3/c1-5-17(3)22(15-19-14-16(2)20-21(19)4)13-9-12-18-10-7-6-8-11-18/h6-8,10-11,14,17H,5,13,15H2,1-4H3/t17-/m1/s1. The molecule has 0 aliphatic rings. The third-order valence-corrected chi connectivity index (χ3v) is 3.97. The van der Waals surface area contributed by atoms with Crippen LogP contribution in [0.1, 0.15) is 37.2 Å². The Hall–Kier alpha value is -2.05. The summed E-state index contributed by atoms with van der Waals surface area (Å²) < 4.78 is 1.97. The summed E-state index contributed by atoms with van der Waals surface area (Å²) in [7, 11) is 2.01. The number of aryl methyl sites for hydroxylation is 2. The molecule has 0 bridgehead atoms. The molecule has 2 aromatic rings. The van der Waals surface area contributed by atoms with E-state index >= 15 is 0 Å². The van der Waals surface area contributed by atoms with Gasteiger partial charge in [0.25, 0.3) is 0 Å². The van der Waals surface area contributed by atoms with Gasteiger partial charge in [-0.25, -0.2) is 0 Å². The Morgan fingerprint density at radius 3 is 2.59 bits per heavy atom. The van der Waals surface area contributed by atoms with E-state index in [0.717, 1.165) is 30.8 Å². The minimum atomic E-state index is 0.500. The minimum Gasteiger partial charge on any atom is -0.284 e. The van der Waals surface area contributed by atoms with Crippen LogP contribution in [-0.4, -0.2) is 27.3 Å². The SMILES string of the molecule is CC[C@@H](C)N(CC#Cc1ccccc1)Cc1cc(C)nn1C. The first-order valence-corrected chi connectivity index (χ1v) is 7.87. The van der Waals surface area contributed by atoms with Gasteiger partial charge in [0.2, 0.25) is 0 Å². The molecular weight excluding hydrogens is 270 g/mol. The van der Waals surface area contributed by atoms with Crippen molar-refractivity contribution in [1.29, 1.82) is 0 Å². The van der Waals surface area contributed by atoms with Crippen LogP contribution in [0.15, 0.2) is 36.4 Å². The fourth-order valence-corrected chi connectivity index (χ4v) is 2.41. The molecule has 0 N–H and O–H groups in total. The molecule has 0 saturated heterocycles. The van der Waals surface area contributed by atoms with Crippen molar-refractivity contribution in [3.8, 4) is 11.8 Å². The highest BCUT2D eigenvalue weighted by Crippen LogP contribution is 2.11. The summed E-state index contributed by atoms with van der Waals surface area (Å²) in [6.07, 6.45) is 1.11. The summed E-state index contributed by atoms with van der Waals surface area (Å²) in [6.45, 7) is 8.17. The van der Waals surface area contributed by atoms with Crippen molar-refractivity contribution in [2.24, 2.45) is 7.05 Å². The first-order chi connectivity index (χ1) is 10.6. The average molecular weight is 295 g/mol. The lowest BCUT2D eigenvalue weighted by molar-refractivity contribution is 0.215. The highest BCUT2D eigenvalue weighted by molar-refractivity contribution is 5.33. The van der Waals surface area contributed by atoms with Gasteiger partial charge < -0.3 is 0 Å². The van der Waals surface area contributed by atoms with Crippen molar-refractivity contribution in [3.05, 3.63) is 53.3 Å². The van der Waals surface area contributed by atoms with Crippen LogP contribution in [0, 0.1) is 18.8 Å². The third kappa shape index (κ3) is 4.47. The topological polar surface area (TPSA) is 21.1 Å². The van der Waals surface area contributed by atoms with Crippen LogP contribution in [0.3, 0.4) is 0 Å². The van der Waals surface area contributed by atoms with Crippen molar-refractivity contribution in [2.45, 2.75) is 39.8 Å². The van der Waals surface area contributed by atoms with E-state index in [4.69, 9.17) is 0 Å². The number of rotatable bonds is 5. The van der Waals surface area contributed by atoms with Crippen molar-refractivity contribution in [2.75, 3.05) is 6.54 Å². The van der Waals surface area contributed by atoms with E-state index in [1.165, 1.54) is 5.69 Å². The van der Waals surface area contributed by atoms with Gasteiger partial charge in [0.1, 0.15) is 0 Å². The summed E-state index contributed by atoms with van der Waals surface area (Å²) in [5.41, 5.74) is 3.37. The summed E-state index contributed by atoms with van der Waals surface area (Å²) in [5, 5.41) is 4.43. The zero-order valence-electron chi connectivity index (χ0n) is 14.0. The molecule has 0 amide bonds. The molecular formula is C19H25N3. The second-order valence-electron chi connectivity index (χ2n) is 5.73. The van der Waals surface area contributed by atoms with Crippen molar-refractivity contribution < 1.29 is 0 Å². The number of aromatic nitrogens is 2. The van der Waals surface area contributed by atoms with E-state index < -0.39 is 0 Å². The fraction of sp³-hybridized carbons (Fsp3) is 0.421. The molecule has 1 aromatic carbocycles. The van der Waals surface area contributed by atoms with E-state index in [0.29, 0.717) is 6.04 Å². The normalized spacial score (nSPS) is 12.0. The molecule has 3 heteroatoms. The maximum absolute atomic E-state index is 4.43. The lowest BCUT2D eigenvalue weighted by Crippen LogP contribution is -2.33. The Morgan fingerprint density at radius 2 is 2.00 bits per heavy atom. The number of nitrogens with zero attached hydrogens (tertiary/aromatic N) is 3.